The molecule has 0 saturated carbocycles. The lowest BCUT2D eigenvalue weighted by Crippen LogP contribution is -2.30. The molecule has 3 N–H and O–H groups in total. The first-order valence-electron chi connectivity index (χ1n) is 4.71. The van der Waals surface area contributed by atoms with E-state index in [2.05, 4.69) is 13.8 Å². The second kappa shape index (κ2) is 7.21. The SMILES string of the molecule is CCC(CC)SCCC(N)C(=O)O. The Bertz CT molecular complexity index is 149. The normalized spacial score (nSPS) is 13.2. The van der Waals surface area contributed by atoms with E-state index in [1.807, 2.05) is 11.8 Å². The third kappa shape index (κ3) is 5.93. The van der Waals surface area contributed by atoms with Crippen LogP contribution in [-0.4, -0.2) is 28.1 Å². The Morgan fingerprint density at radius 3 is 2.38 bits per heavy atom. The summed E-state index contributed by atoms with van der Waals surface area (Å²) in [6, 6.07) is -0.693. The number of thioether (sulfide) groups is 1. The summed E-state index contributed by atoms with van der Waals surface area (Å²) in [4.78, 5) is 10.4. The van der Waals surface area contributed by atoms with Gasteiger partial charge >= 0.3 is 5.97 Å². The van der Waals surface area contributed by atoms with Crippen molar-refractivity contribution in [3.05, 3.63) is 0 Å². The maximum absolute atomic E-state index is 10.4. The Morgan fingerprint density at radius 1 is 1.46 bits per heavy atom. The third-order valence-electron chi connectivity index (χ3n) is 2.01. The van der Waals surface area contributed by atoms with E-state index in [1.54, 1.807) is 0 Å². The fourth-order valence-corrected chi connectivity index (χ4v) is 2.20. The monoisotopic (exact) mass is 205 g/mol. The zero-order chi connectivity index (χ0) is 10.3. The van der Waals surface area contributed by atoms with Crippen molar-refractivity contribution in [3.63, 3.8) is 0 Å². The molecule has 1 atom stereocenters. The van der Waals surface area contributed by atoms with E-state index >= 15 is 0 Å². The average molecular weight is 205 g/mol. The highest BCUT2D eigenvalue weighted by Gasteiger charge is 2.11. The lowest BCUT2D eigenvalue weighted by molar-refractivity contribution is -0.138. The van der Waals surface area contributed by atoms with E-state index in [4.69, 9.17) is 10.8 Å². The van der Waals surface area contributed by atoms with Gasteiger partial charge in [-0.05, 0) is 25.0 Å². The minimum atomic E-state index is -0.898. The number of carboxylic acid groups (broad SMARTS) is 1. The van der Waals surface area contributed by atoms with Gasteiger partial charge in [0.1, 0.15) is 6.04 Å². The zero-order valence-electron chi connectivity index (χ0n) is 8.32. The Balaban J connectivity index is 3.48. The van der Waals surface area contributed by atoms with Crippen molar-refractivity contribution in [1.29, 1.82) is 0 Å². The smallest absolute Gasteiger partial charge is 0.320 e. The number of hydrogen-bond donors (Lipinski definition) is 2. The Kier molecular flexibility index (Phi) is 7.09. The van der Waals surface area contributed by atoms with Gasteiger partial charge in [0, 0.05) is 5.25 Å². The minimum absolute atomic E-state index is 0.566. The number of rotatable bonds is 7. The van der Waals surface area contributed by atoms with Crippen LogP contribution in [0.15, 0.2) is 0 Å². The van der Waals surface area contributed by atoms with Gasteiger partial charge in [-0.15, -0.1) is 0 Å². The van der Waals surface area contributed by atoms with Crippen LogP contribution in [0, 0.1) is 0 Å². The molecule has 0 fully saturated rings. The van der Waals surface area contributed by atoms with Crippen LogP contribution in [0.1, 0.15) is 33.1 Å². The van der Waals surface area contributed by atoms with Crippen molar-refractivity contribution >= 4 is 17.7 Å². The summed E-state index contributed by atoms with van der Waals surface area (Å²) in [5.74, 6) is -0.0510. The largest absolute Gasteiger partial charge is 0.480 e. The molecule has 1 unspecified atom stereocenters. The molecular formula is C9H19NO2S. The summed E-state index contributed by atoms with van der Waals surface area (Å²) in [6.45, 7) is 4.30. The highest BCUT2D eigenvalue weighted by atomic mass is 32.2. The molecule has 0 amide bonds. The van der Waals surface area contributed by atoms with Gasteiger partial charge in [0.15, 0.2) is 0 Å². The maximum Gasteiger partial charge on any atom is 0.320 e. The molecule has 0 aliphatic heterocycles. The van der Waals surface area contributed by atoms with Crippen LogP contribution in [0.5, 0.6) is 0 Å². The van der Waals surface area contributed by atoms with Crippen molar-refractivity contribution < 1.29 is 9.90 Å². The van der Waals surface area contributed by atoms with E-state index in [0.29, 0.717) is 11.7 Å². The summed E-state index contributed by atoms with van der Waals surface area (Å²) >= 11 is 1.82. The van der Waals surface area contributed by atoms with Gasteiger partial charge < -0.3 is 10.8 Å². The molecule has 3 nitrogen and oxygen atoms in total. The van der Waals surface area contributed by atoms with Gasteiger partial charge in [-0.2, -0.15) is 11.8 Å². The molecule has 0 rings (SSSR count). The minimum Gasteiger partial charge on any atom is -0.480 e. The van der Waals surface area contributed by atoms with Crippen molar-refractivity contribution in [1.82, 2.24) is 0 Å². The fourth-order valence-electron chi connectivity index (χ4n) is 1.01. The molecule has 0 aromatic carbocycles. The van der Waals surface area contributed by atoms with E-state index in [1.165, 1.54) is 0 Å². The number of carbonyl (C=O) groups is 1. The Morgan fingerprint density at radius 2 is 2.00 bits per heavy atom. The topological polar surface area (TPSA) is 63.3 Å². The van der Waals surface area contributed by atoms with E-state index in [9.17, 15) is 4.79 Å². The summed E-state index contributed by atoms with van der Waals surface area (Å²) in [7, 11) is 0. The molecule has 0 radical (unpaired) electrons. The van der Waals surface area contributed by atoms with Crippen LogP contribution in [0.4, 0.5) is 0 Å². The molecule has 0 bridgehead atoms. The van der Waals surface area contributed by atoms with Crippen molar-refractivity contribution in [2.75, 3.05) is 5.75 Å². The van der Waals surface area contributed by atoms with E-state index in [-0.39, 0.29) is 0 Å². The van der Waals surface area contributed by atoms with Crippen LogP contribution < -0.4 is 5.73 Å². The van der Waals surface area contributed by atoms with Gasteiger partial charge in [0.05, 0.1) is 0 Å². The second-order valence-corrected chi connectivity index (χ2v) is 4.45. The first-order valence-corrected chi connectivity index (χ1v) is 5.76. The fraction of sp³-hybridized carbons (Fsp3) is 0.889. The molecule has 0 aliphatic carbocycles. The number of aliphatic carboxylic acids is 1. The molecule has 0 heterocycles. The lowest BCUT2D eigenvalue weighted by atomic mass is 10.2. The Labute approximate surface area is 84.1 Å². The molecule has 0 aromatic heterocycles. The molecule has 0 aliphatic rings. The van der Waals surface area contributed by atoms with Gasteiger partial charge in [0.25, 0.3) is 0 Å². The van der Waals surface area contributed by atoms with Gasteiger partial charge in [-0.3, -0.25) is 4.79 Å². The van der Waals surface area contributed by atoms with Crippen LogP contribution in [0.25, 0.3) is 0 Å². The quantitative estimate of drug-likeness (QED) is 0.664. The van der Waals surface area contributed by atoms with Crippen LogP contribution in [-0.2, 0) is 4.79 Å². The van der Waals surface area contributed by atoms with Gasteiger partial charge in [0.2, 0.25) is 0 Å². The first-order chi connectivity index (χ1) is 6.11. The lowest BCUT2D eigenvalue weighted by Gasteiger charge is -2.12. The molecular weight excluding hydrogens is 186 g/mol. The van der Waals surface area contributed by atoms with Crippen LogP contribution in [0.2, 0.25) is 0 Å². The number of carboxylic acids is 1. The van der Waals surface area contributed by atoms with Gasteiger partial charge in [-0.1, -0.05) is 13.8 Å². The highest BCUT2D eigenvalue weighted by Crippen LogP contribution is 2.18. The third-order valence-corrected chi connectivity index (χ3v) is 3.62. The van der Waals surface area contributed by atoms with Crippen LogP contribution >= 0.6 is 11.8 Å². The van der Waals surface area contributed by atoms with E-state index < -0.39 is 12.0 Å². The van der Waals surface area contributed by atoms with Crippen molar-refractivity contribution in [2.24, 2.45) is 5.73 Å². The van der Waals surface area contributed by atoms with Crippen LogP contribution in [0.3, 0.4) is 0 Å². The predicted octanol–water partition coefficient (Wildman–Crippen LogP) is 1.71. The van der Waals surface area contributed by atoms with Gasteiger partial charge in [-0.25, -0.2) is 0 Å². The number of hydrogen-bond acceptors (Lipinski definition) is 3. The molecule has 78 valence electrons. The molecule has 13 heavy (non-hydrogen) atoms. The highest BCUT2D eigenvalue weighted by molar-refractivity contribution is 7.99. The summed E-state index contributed by atoms with van der Waals surface area (Å²) in [6.07, 6.45) is 2.85. The average Bonchev–Trinajstić information content (AvgIpc) is 2.12. The first kappa shape index (κ1) is 12.8. The second-order valence-electron chi connectivity index (χ2n) is 3.04. The predicted molar refractivity (Wildman–Crippen MR) is 57.1 cm³/mol. The zero-order valence-corrected chi connectivity index (χ0v) is 9.14. The summed E-state index contributed by atoms with van der Waals surface area (Å²) in [5, 5.41) is 9.18. The maximum atomic E-state index is 10.4. The molecule has 0 spiro atoms. The molecule has 0 aromatic rings. The van der Waals surface area contributed by atoms with E-state index in [0.717, 1.165) is 18.6 Å². The Hall–Kier alpha value is -0.220. The van der Waals surface area contributed by atoms with Crippen molar-refractivity contribution in [3.8, 4) is 0 Å². The molecule has 4 heteroatoms. The van der Waals surface area contributed by atoms with Crippen molar-refractivity contribution in [2.45, 2.75) is 44.4 Å². The standard InChI is InChI=1S/C9H19NO2S/c1-3-7(4-2)13-6-5-8(10)9(11)12/h7-8H,3-6,10H2,1-2H3,(H,11,12). The summed E-state index contributed by atoms with van der Waals surface area (Å²) in [5.41, 5.74) is 5.37. The molecule has 0 saturated heterocycles. The summed E-state index contributed by atoms with van der Waals surface area (Å²) < 4.78 is 0. The number of nitrogens with two attached hydrogens (primary N) is 1.